The molecule has 1 atom stereocenters. The molecule has 0 saturated carbocycles. The van der Waals surface area contributed by atoms with Crippen molar-refractivity contribution in [1.82, 2.24) is 19.6 Å². The first-order valence-electron chi connectivity index (χ1n) is 22.4. The van der Waals surface area contributed by atoms with Gasteiger partial charge in [-0.15, -0.1) is 0 Å². The number of anilines is 4. The Labute approximate surface area is 384 Å². The lowest BCUT2D eigenvalue weighted by Crippen LogP contribution is -2.47. The molecule has 5 aromatic rings. The van der Waals surface area contributed by atoms with Gasteiger partial charge in [0.05, 0.1) is 27.1 Å². The Morgan fingerprint density at radius 3 is 2.52 bits per heavy atom. The maximum Gasteiger partial charge on any atom is 0.293 e. The molecule has 2 aromatic heterocycles. The molecule has 3 aliphatic heterocycles. The predicted molar refractivity (Wildman–Crippen MR) is 254 cm³/mol. The van der Waals surface area contributed by atoms with E-state index in [1.165, 1.54) is 28.8 Å². The molecule has 0 bridgehead atoms. The second-order valence-corrected chi connectivity index (χ2v) is 20.6. The van der Waals surface area contributed by atoms with Crippen molar-refractivity contribution in [1.29, 1.82) is 0 Å². The van der Waals surface area contributed by atoms with Crippen molar-refractivity contribution in [2.24, 2.45) is 11.3 Å². The number of amides is 1. The highest BCUT2D eigenvalue weighted by molar-refractivity contribution is 7.90. The van der Waals surface area contributed by atoms with Crippen molar-refractivity contribution in [3.05, 3.63) is 111 Å². The van der Waals surface area contributed by atoms with Gasteiger partial charge >= 0.3 is 0 Å². The third-order valence-corrected chi connectivity index (χ3v) is 14.9. The number of nitro benzene ring substituents is 1. The number of fused-ring (bicyclic) bond motifs is 2. The molecule has 3 aromatic carbocycles. The van der Waals surface area contributed by atoms with Gasteiger partial charge in [0.1, 0.15) is 23.6 Å². The number of rotatable bonds is 12. The van der Waals surface area contributed by atoms with Crippen LogP contribution in [0.5, 0.6) is 5.88 Å². The van der Waals surface area contributed by atoms with Crippen molar-refractivity contribution in [3.8, 4) is 5.88 Å². The molecule has 1 amide bonds. The minimum Gasteiger partial charge on any atom is -0.474 e. The number of allylic oxidation sites excluding steroid dienone is 1. The van der Waals surface area contributed by atoms with Gasteiger partial charge in [0, 0.05) is 80.8 Å². The van der Waals surface area contributed by atoms with Gasteiger partial charge in [0.15, 0.2) is 0 Å². The predicted octanol–water partition coefficient (Wildman–Crippen LogP) is 8.79. The van der Waals surface area contributed by atoms with Gasteiger partial charge in [-0.1, -0.05) is 43.2 Å². The van der Waals surface area contributed by atoms with Crippen LogP contribution in [0, 0.1) is 21.4 Å². The van der Waals surface area contributed by atoms with E-state index in [9.17, 15) is 23.3 Å². The largest absolute Gasteiger partial charge is 0.474 e. The fourth-order valence-corrected chi connectivity index (χ4v) is 10.6. The lowest BCUT2D eigenvalue weighted by atomic mass is 9.72. The first-order chi connectivity index (χ1) is 31.2. The summed E-state index contributed by atoms with van der Waals surface area (Å²) in [6.07, 6.45) is 6.65. The minimum atomic E-state index is -4.57. The smallest absolute Gasteiger partial charge is 0.293 e. The summed E-state index contributed by atoms with van der Waals surface area (Å²) in [5.41, 5.74) is 6.91. The number of carbonyl (C=O) groups excluding carboxylic acids is 1. The number of pyridine rings is 1. The minimum absolute atomic E-state index is 0.107. The van der Waals surface area contributed by atoms with Gasteiger partial charge < -0.3 is 29.6 Å². The number of piperazine rings is 1. The fourth-order valence-electron chi connectivity index (χ4n) is 9.54. The van der Waals surface area contributed by atoms with Gasteiger partial charge in [-0.25, -0.2) is 13.1 Å². The number of ether oxygens (including phenoxy) is 2. The van der Waals surface area contributed by atoms with Crippen molar-refractivity contribution in [2.75, 3.05) is 74.2 Å². The van der Waals surface area contributed by atoms with Crippen molar-refractivity contribution in [3.63, 3.8) is 0 Å². The van der Waals surface area contributed by atoms with Crippen molar-refractivity contribution < 1.29 is 27.6 Å². The average molecular weight is 924 g/mol. The number of hydrogen-bond donors (Lipinski definition) is 3. The molecular formula is C48H55ClN8O7S. The first-order valence-corrected chi connectivity index (χ1v) is 24.2. The monoisotopic (exact) mass is 922 g/mol. The van der Waals surface area contributed by atoms with Gasteiger partial charge in [0.2, 0.25) is 5.88 Å². The summed E-state index contributed by atoms with van der Waals surface area (Å²) in [5.74, 6) is -0.224. The van der Waals surface area contributed by atoms with Gasteiger partial charge in [-0.2, -0.15) is 4.98 Å². The highest BCUT2D eigenvalue weighted by atomic mass is 35.5. The number of carbonyl (C=O) groups is 1. The summed E-state index contributed by atoms with van der Waals surface area (Å²) in [5, 5.41) is 16.9. The van der Waals surface area contributed by atoms with E-state index in [0.717, 1.165) is 87.0 Å². The van der Waals surface area contributed by atoms with E-state index in [2.05, 4.69) is 50.8 Å². The van der Waals surface area contributed by atoms with E-state index in [-0.39, 0.29) is 35.2 Å². The number of nitrogens with one attached hydrogen (secondary N) is 3. The topological polar surface area (TPSA) is 175 Å². The zero-order valence-corrected chi connectivity index (χ0v) is 38.5. The number of benzene rings is 3. The zero-order chi connectivity index (χ0) is 45.5. The Kier molecular flexibility index (Phi) is 12.5. The van der Waals surface area contributed by atoms with E-state index in [4.69, 9.17) is 26.1 Å². The summed E-state index contributed by atoms with van der Waals surface area (Å²) in [6, 6.07) is 20.9. The summed E-state index contributed by atoms with van der Waals surface area (Å²) in [4.78, 5) is 40.2. The summed E-state index contributed by atoms with van der Waals surface area (Å²) < 4.78 is 41.7. The van der Waals surface area contributed by atoms with E-state index < -0.39 is 31.4 Å². The number of H-pyrrole nitrogens is 1. The van der Waals surface area contributed by atoms with Crippen molar-refractivity contribution >= 4 is 72.6 Å². The third kappa shape index (κ3) is 9.67. The number of hydrogen-bond acceptors (Lipinski definition) is 12. The SMILES string of the molecule is C[C@@H]1COc2nc3[nH]ccc3cc2N1c1cc(N2CCN(CC3=C(c4ccc(Cl)cc4)CC(C)(C)CC3)CC2)ccc1C(=O)NS(=O)(=O)c1ccc(NCC2CCOCC2)c([N+](=O)[O-])c1. The van der Waals surface area contributed by atoms with Crippen LogP contribution in [0.25, 0.3) is 16.6 Å². The standard InChI is InChI=1S/C48H55ClN8O7S/c1-31-30-64-47-44(24-34-13-17-50-45(34)52-47)56(31)42-25-37(55-20-18-54(19-21-55)29-35-12-16-48(2,3)27-40(35)33-4-6-36(49)7-5-33)8-10-39(42)46(58)53-65(61,62)38-9-11-41(43(26-38)57(59)60)51-28-32-14-22-63-23-15-32/h4-11,13,17,24-26,31-32,51H,12,14-16,18-23,27-30H2,1-3H3,(H,50,52)(H,53,58)/t31-/m1/s1. The normalized spacial score (nSPS) is 19.5. The Morgan fingerprint density at radius 1 is 1.00 bits per heavy atom. The molecule has 0 radical (unpaired) electrons. The first kappa shape index (κ1) is 44.5. The maximum absolute atomic E-state index is 14.4. The van der Waals surface area contributed by atoms with Gasteiger partial charge in [0.25, 0.3) is 21.6 Å². The molecule has 4 aliphatic rings. The number of aromatic nitrogens is 2. The van der Waals surface area contributed by atoms with Crippen LogP contribution in [0.1, 0.15) is 68.8 Å². The third-order valence-electron chi connectivity index (χ3n) is 13.3. The molecule has 342 valence electrons. The lowest BCUT2D eigenvalue weighted by molar-refractivity contribution is -0.384. The molecule has 2 fully saturated rings. The molecule has 2 saturated heterocycles. The highest BCUT2D eigenvalue weighted by Gasteiger charge is 2.34. The summed E-state index contributed by atoms with van der Waals surface area (Å²) >= 11 is 6.27. The van der Waals surface area contributed by atoms with E-state index in [1.54, 1.807) is 12.3 Å². The second kappa shape index (κ2) is 18.3. The van der Waals surface area contributed by atoms with Crippen LogP contribution >= 0.6 is 11.6 Å². The van der Waals surface area contributed by atoms with Gasteiger partial charge in [-0.05, 0) is 116 Å². The molecular weight excluding hydrogens is 868 g/mol. The number of nitrogens with zero attached hydrogens (tertiary/aromatic N) is 5. The van der Waals surface area contributed by atoms with Crippen LogP contribution in [-0.4, -0.2) is 99.2 Å². The zero-order valence-electron chi connectivity index (χ0n) is 36.9. The van der Waals surface area contributed by atoms with Gasteiger partial charge in [-0.3, -0.25) is 19.8 Å². The molecule has 3 N–H and O–H groups in total. The molecule has 9 rings (SSSR count). The van der Waals surface area contributed by atoms with Crippen LogP contribution in [-0.2, 0) is 14.8 Å². The Hall–Kier alpha value is -5.68. The molecule has 0 unspecified atom stereocenters. The van der Waals surface area contributed by atoms with Crippen LogP contribution < -0.4 is 24.6 Å². The highest BCUT2D eigenvalue weighted by Crippen LogP contribution is 2.45. The molecule has 5 heterocycles. The summed E-state index contributed by atoms with van der Waals surface area (Å²) in [6.45, 7) is 12.7. The fraction of sp³-hybridized carbons (Fsp3) is 0.417. The Bertz CT molecular complexity index is 2750. The molecule has 0 spiro atoms. The number of sulfonamides is 1. The molecule has 17 heteroatoms. The van der Waals surface area contributed by atoms with E-state index in [1.807, 2.05) is 48.2 Å². The summed E-state index contributed by atoms with van der Waals surface area (Å²) in [7, 11) is -4.57. The second-order valence-electron chi connectivity index (χ2n) is 18.5. The van der Waals surface area contributed by atoms with Crippen LogP contribution in [0.2, 0.25) is 5.02 Å². The van der Waals surface area contributed by atoms with Crippen LogP contribution in [0.3, 0.4) is 0 Å². The molecule has 1 aliphatic carbocycles. The lowest BCUT2D eigenvalue weighted by Gasteiger charge is -2.40. The molecule has 65 heavy (non-hydrogen) atoms. The number of aromatic amines is 1. The van der Waals surface area contributed by atoms with E-state index >= 15 is 0 Å². The quantitative estimate of drug-likeness (QED) is 0.0803. The van der Waals surface area contributed by atoms with Crippen molar-refractivity contribution in [2.45, 2.75) is 63.8 Å². The number of nitro groups is 1. The maximum atomic E-state index is 14.4. The Balaban J connectivity index is 0.990. The number of halogens is 1. The van der Waals surface area contributed by atoms with Crippen LogP contribution in [0.15, 0.2) is 89.5 Å². The van der Waals surface area contributed by atoms with Crippen LogP contribution in [0.4, 0.5) is 28.4 Å². The Morgan fingerprint density at radius 2 is 1.77 bits per heavy atom. The van der Waals surface area contributed by atoms with E-state index in [0.29, 0.717) is 42.7 Å². The molecule has 15 nitrogen and oxygen atoms in total. The average Bonchev–Trinajstić information content (AvgIpc) is 3.76.